The summed E-state index contributed by atoms with van der Waals surface area (Å²) in [5.41, 5.74) is 0.525. The molecule has 0 bridgehead atoms. The maximum Gasteiger partial charge on any atom is 0.304 e. The van der Waals surface area contributed by atoms with Gasteiger partial charge in [0, 0.05) is 42.8 Å². The van der Waals surface area contributed by atoms with E-state index in [1.807, 2.05) is 6.92 Å². The van der Waals surface area contributed by atoms with Crippen LogP contribution >= 0.6 is 23.2 Å². The van der Waals surface area contributed by atoms with Crippen molar-refractivity contribution in [1.82, 2.24) is 14.5 Å². The van der Waals surface area contributed by atoms with Gasteiger partial charge >= 0.3 is 10.2 Å². The highest BCUT2D eigenvalue weighted by molar-refractivity contribution is 7.90. The fraction of sp³-hybridized carbons (Fsp3) is 0.417. The van der Waals surface area contributed by atoms with Crippen LogP contribution in [0, 0.1) is 5.82 Å². The van der Waals surface area contributed by atoms with Gasteiger partial charge in [-0.1, -0.05) is 43.1 Å². The SMILES string of the molecule is CCCNC(=O)C(CC)N(Cc1c(Cl)cccc1Cl)C(=O)CN(c1ccc(F)cc1)S(=O)(=O)N(C)C. The molecule has 36 heavy (non-hydrogen) atoms. The van der Waals surface area contributed by atoms with Gasteiger partial charge in [-0.05, 0) is 49.2 Å². The van der Waals surface area contributed by atoms with E-state index in [4.69, 9.17) is 23.2 Å². The van der Waals surface area contributed by atoms with E-state index in [0.717, 1.165) is 20.7 Å². The highest BCUT2D eigenvalue weighted by Gasteiger charge is 2.34. The number of rotatable bonds is 12. The summed E-state index contributed by atoms with van der Waals surface area (Å²) in [6.45, 7) is 3.32. The van der Waals surface area contributed by atoms with Gasteiger partial charge in [0.05, 0.1) is 5.69 Å². The molecule has 12 heteroatoms. The quantitative estimate of drug-likeness (QED) is 0.423. The summed E-state index contributed by atoms with van der Waals surface area (Å²) in [4.78, 5) is 28.0. The van der Waals surface area contributed by atoms with E-state index in [9.17, 15) is 22.4 Å². The van der Waals surface area contributed by atoms with E-state index in [1.165, 1.54) is 31.1 Å². The predicted molar refractivity (Wildman–Crippen MR) is 141 cm³/mol. The number of carbonyl (C=O) groups is 2. The zero-order valence-electron chi connectivity index (χ0n) is 20.7. The van der Waals surface area contributed by atoms with E-state index in [0.29, 0.717) is 28.6 Å². The largest absolute Gasteiger partial charge is 0.354 e. The van der Waals surface area contributed by atoms with Crippen LogP contribution in [0.4, 0.5) is 10.1 Å². The fourth-order valence-corrected chi connectivity index (χ4v) is 5.04. The monoisotopic (exact) mass is 560 g/mol. The van der Waals surface area contributed by atoms with E-state index in [1.54, 1.807) is 25.1 Å². The number of nitrogens with zero attached hydrogens (tertiary/aromatic N) is 3. The molecule has 0 aliphatic rings. The van der Waals surface area contributed by atoms with Gasteiger partial charge < -0.3 is 10.2 Å². The summed E-state index contributed by atoms with van der Waals surface area (Å²) < 4.78 is 41.6. The smallest absolute Gasteiger partial charge is 0.304 e. The van der Waals surface area contributed by atoms with Gasteiger partial charge in [0.1, 0.15) is 18.4 Å². The summed E-state index contributed by atoms with van der Waals surface area (Å²) in [5.74, 6) is -1.58. The van der Waals surface area contributed by atoms with Crippen molar-refractivity contribution < 1.29 is 22.4 Å². The van der Waals surface area contributed by atoms with Gasteiger partial charge in [-0.2, -0.15) is 12.7 Å². The second kappa shape index (κ2) is 13.2. The second-order valence-electron chi connectivity index (χ2n) is 8.21. The van der Waals surface area contributed by atoms with Crippen LogP contribution in [0.25, 0.3) is 0 Å². The average molecular weight is 562 g/mol. The van der Waals surface area contributed by atoms with Crippen LogP contribution in [0.5, 0.6) is 0 Å². The van der Waals surface area contributed by atoms with Crippen LogP contribution in [-0.2, 0) is 26.3 Å². The first-order chi connectivity index (χ1) is 16.9. The minimum Gasteiger partial charge on any atom is -0.354 e. The first-order valence-corrected chi connectivity index (χ1v) is 13.5. The van der Waals surface area contributed by atoms with Crippen LogP contribution < -0.4 is 9.62 Å². The average Bonchev–Trinajstić information content (AvgIpc) is 2.83. The topological polar surface area (TPSA) is 90.0 Å². The molecule has 1 unspecified atom stereocenters. The number of hydrogen-bond donors (Lipinski definition) is 1. The molecule has 0 saturated carbocycles. The lowest BCUT2D eigenvalue weighted by molar-refractivity contribution is -0.140. The molecule has 1 N–H and O–H groups in total. The molecular formula is C24H31Cl2FN4O4S. The van der Waals surface area contributed by atoms with Gasteiger partial charge in [-0.3, -0.25) is 9.59 Å². The Morgan fingerprint density at radius 1 is 1.03 bits per heavy atom. The molecule has 0 radical (unpaired) electrons. The zero-order chi connectivity index (χ0) is 27.0. The minimum absolute atomic E-state index is 0.0951. The number of anilines is 1. The third-order valence-corrected chi connectivity index (χ3v) is 7.99. The van der Waals surface area contributed by atoms with Crippen molar-refractivity contribution in [2.45, 2.75) is 39.3 Å². The van der Waals surface area contributed by atoms with Crippen molar-refractivity contribution in [3.63, 3.8) is 0 Å². The lowest BCUT2D eigenvalue weighted by atomic mass is 10.1. The number of hydrogen-bond acceptors (Lipinski definition) is 4. The number of halogens is 3. The Morgan fingerprint density at radius 2 is 1.61 bits per heavy atom. The number of nitrogens with one attached hydrogen (secondary N) is 1. The van der Waals surface area contributed by atoms with E-state index < -0.39 is 34.5 Å². The Morgan fingerprint density at radius 3 is 2.11 bits per heavy atom. The molecule has 2 aromatic rings. The highest BCUT2D eigenvalue weighted by atomic mass is 35.5. The van der Waals surface area contributed by atoms with Crippen LogP contribution in [0.15, 0.2) is 42.5 Å². The molecule has 2 rings (SSSR count). The second-order valence-corrected chi connectivity index (χ2v) is 11.1. The third-order valence-electron chi connectivity index (χ3n) is 5.46. The summed E-state index contributed by atoms with van der Waals surface area (Å²) >= 11 is 12.7. The minimum atomic E-state index is -4.15. The molecule has 0 heterocycles. The lowest BCUT2D eigenvalue weighted by Crippen LogP contribution is -2.53. The molecule has 198 valence electrons. The number of amides is 2. The van der Waals surface area contributed by atoms with Gasteiger partial charge in [-0.15, -0.1) is 0 Å². The highest BCUT2D eigenvalue weighted by Crippen LogP contribution is 2.28. The van der Waals surface area contributed by atoms with Crippen LogP contribution in [-0.4, -0.2) is 62.7 Å². The standard InChI is InChI=1S/C24H31Cl2FN4O4S/c1-5-14-28-24(33)22(6-2)30(15-19-20(25)8-7-9-21(19)26)23(32)16-31(36(34,35)29(3)4)18-12-10-17(27)11-13-18/h7-13,22H,5-6,14-16H2,1-4H3,(H,28,33). The van der Waals surface area contributed by atoms with Gasteiger partial charge in [0.15, 0.2) is 0 Å². The van der Waals surface area contributed by atoms with Crippen molar-refractivity contribution in [3.8, 4) is 0 Å². The first kappa shape index (κ1) is 29.8. The number of benzene rings is 2. The van der Waals surface area contributed by atoms with E-state index in [2.05, 4.69) is 5.32 Å². The van der Waals surface area contributed by atoms with Crippen molar-refractivity contribution in [3.05, 3.63) is 63.9 Å². The summed E-state index contributed by atoms with van der Waals surface area (Å²) in [6, 6.07) is 8.72. The molecule has 1 atom stereocenters. The molecule has 0 aromatic heterocycles. The number of carbonyl (C=O) groups excluding carboxylic acids is 2. The van der Waals surface area contributed by atoms with Gasteiger partial charge in [0.2, 0.25) is 11.8 Å². The zero-order valence-corrected chi connectivity index (χ0v) is 23.0. The van der Waals surface area contributed by atoms with Gasteiger partial charge in [0.25, 0.3) is 0 Å². The fourth-order valence-electron chi connectivity index (χ4n) is 3.46. The first-order valence-electron chi connectivity index (χ1n) is 11.4. The molecular weight excluding hydrogens is 530 g/mol. The molecule has 0 spiro atoms. The normalized spacial score (nSPS) is 12.3. The maximum absolute atomic E-state index is 13.7. The Balaban J connectivity index is 2.54. The molecule has 0 saturated heterocycles. The summed E-state index contributed by atoms with van der Waals surface area (Å²) in [5, 5.41) is 3.40. The lowest BCUT2D eigenvalue weighted by Gasteiger charge is -2.34. The van der Waals surface area contributed by atoms with E-state index >= 15 is 0 Å². The Labute approximate surface area is 222 Å². The predicted octanol–water partition coefficient (Wildman–Crippen LogP) is 4.08. The maximum atomic E-state index is 13.7. The Hall–Kier alpha value is -2.40. The molecule has 2 aromatic carbocycles. The van der Waals surface area contributed by atoms with Crippen LogP contribution in [0.3, 0.4) is 0 Å². The van der Waals surface area contributed by atoms with Crippen molar-refractivity contribution >= 4 is 50.9 Å². The van der Waals surface area contributed by atoms with Crippen molar-refractivity contribution in [2.24, 2.45) is 0 Å². The van der Waals surface area contributed by atoms with Gasteiger partial charge in [-0.25, -0.2) is 8.70 Å². The third kappa shape index (κ3) is 7.32. The molecule has 0 fully saturated rings. The summed E-state index contributed by atoms with van der Waals surface area (Å²) in [6.07, 6.45) is 0.965. The molecule has 0 aliphatic heterocycles. The summed E-state index contributed by atoms with van der Waals surface area (Å²) in [7, 11) is -1.50. The molecule has 2 amide bonds. The Bertz CT molecular complexity index is 1140. The molecule has 0 aliphatic carbocycles. The van der Waals surface area contributed by atoms with Crippen molar-refractivity contribution in [2.75, 3.05) is 31.5 Å². The van der Waals surface area contributed by atoms with Crippen LogP contribution in [0.2, 0.25) is 10.0 Å². The van der Waals surface area contributed by atoms with Crippen molar-refractivity contribution in [1.29, 1.82) is 0 Å². The molecule has 8 nitrogen and oxygen atoms in total. The Kier molecular flexibility index (Phi) is 11.0. The van der Waals surface area contributed by atoms with Crippen LogP contribution in [0.1, 0.15) is 32.3 Å². The van der Waals surface area contributed by atoms with E-state index in [-0.39, 0.29) is 24.6 Å².